The van der Waals surface area contributed by atoms with Crippen molar-refractivity contribution in [2.75, 3.05) is 14.2 Å². The molecule has 0 aliphatic rings. The zero-order valence-electron chi connectivity index (χ0n) is 15.6. The van der Waals surface area contributed by atoms with Gasteiger partial charge in [-0.05, 0) is 37.3 Å². The number of benzene rings is 2. The van der Waals surface area contributed by atoms with Gasteiger partial charge in [-0.25, -0.2) is 8.42 Å². The largest absolute Gasteiger partial charge is 0.493 e. The molecule has 0 aliphatic heterocycles. The molecule has 0 heterocycles. The number of sulfonamides is 1. The van der Waals surface area contributed by atoms with Crippen LogP contribution in [0.25, 0.3) is 0 Å². The van der Waals surface area contributed by atoms with Gasteiger partial charge in [0.05, 0.1) is 25.2 Å². The average molecular weight is 407 g/mol. The highest BCUT2D eigenvalue weighted by molar-refractivity contribution is 7.89. The summed E-state index contributed by atoms with van der Waals surface area (Å²) in [4.78, 5) is 24.3. The van der Waals surface area contributed by atoms with Crippen LogP contribution in [0.3, 0.4) is 0 Å². The predicted octanol–water partition coefficient (Wildman–Crippen LogP) is 0.832. The first-order valence-electron chi connectivity index (χ1n) is 8.18. The minimum absolute atomic E-state index is 0.0315. The monoisotopic (exact) mass is 407 g/mol. The molecule has 2 rings (SSSR count). The molecular formula is C18H21N3O6S. The van der Waals surface area contributed by atoms with Crippen LogP contribution in [0.2, 0.25) is 0 Å². The van der Waals surface area contributed by atoms with E-state index in [1.807, 2.05) is 0 Å². The lowest BCUT2D eigenvalue weighted by Gasteiger charge is -2.15. The van der Waals surface area contributed by atoms with Gasteiger partial charge in [-0.2, -0.15) is 4.72 Å². The number of carbonyl (C=O) groups excluding carboxylic acids is 2. The predicted molar refractivity (Wildman–Crippen MR) is 101 cm³/mol. The smallest absolute Gasteiger partial charge is 0.269 e. The second-order valence-electron chi connectivity index (χ2n) is 5.67. The summed E-state index contributed by atoms with van der Waals surface area (Å²) >= 11 is 0. The molecule has 3 N–H and O–H groups in total. The summed E-state index contributed by atoms with van der Waals surface area (Å²) in [6.45, 7) is 1.36. The van der Waals surface area contributed by atoms with Crippen molar-refractivity contribution in [3.05, 3.63) is 54.1 Å². The van der Waals surface area contributed by atoms with Crippen LogP contribution < -0.4 is 25.0 Å². The molecule has 0 saturated carbocycles. The van der Waals surface area contributed by atoms with Crippen LogP contribution in [-0.4, -0.2) is 40.5 Å². The summed E-state index contributed by atoms with van der Waals surface area (Å²) in [7, 11) is -0.966. The third-order valence-corrected chi connectivity index (χ3v) is 5.28. The summed E-state index contributed by atoms with van der Waals surface area (Å²) < 4.78 is 36.9. The van der Waals surface area contributed by atoms with Gasteiger partial charge < -0.3 is 9.47 Å². The summed E-state index contributed by atoms with van der Waals surface area (Å²) in [5.41, 5.74) is 4.63. The van der Waals surface area contributed by atoms with Crippen molar-refractivity contribution in [3.63, 3.8) is 0 Å². The number of carbonyl (C=O) groups is 2. The summed E-state index contributed by atoms with van der Waals surface area (Å²) in [6, 6.07) is 11.0. The zero-order chi connectivity index (χ0) is 20.7. The van der Waals surface area contributed by atoms with Crippen LogP contribution >= 0.6 is 0 Å². The van der Waals surface area contributed by atoms with Crippen molar-refractivity contribution in [1.82, 2.24) is 15.6 Å². The zero-order valence-corrected chi connectivity index (χ0v) is 16.4. The number of methoxy groups -OCH3 is 2. The Morgan fingerprint density at radius 2 is 1.57 bits per heavy atom. The molecule has 10 heteroatoms. The molecule has 9 nitrogen and oxygen atoms in total. The minimum Gasteiger partial charge on any atom is -0.493 e. The molecule has 150 valence electrons. The maximum Gasteiger partial charge on any atom is 0.269 e. The van der Waals surface area contributed by atoms with Crippen LogP contribution in [0.1, 0.15) is 17.3 Å². The molecule has 0 aromatic heterocycles. The Morgan fingerprint density at radius 3 is 2.18 bits per heavy atom. The van der Waals surface area contributed by atoms with Gasteiger partial charge in [-0.15, -0.1) is 0 Å². The van der Waals surface area contributed by atoms with E-state index in [4.69, 9.17) is 9.47 Å². The number of nitrogens with one attached hydrogen (secondary N) is 3. The summed E-state index contributed by atoms with van der Waals surface area (Å²) in [5.74, 6) is -0.529. The van der Waals surface area contributed by atoms with Crippen molar-refractivity contribution in [2.24, 2.45) is 0 Å². The van der Waals surface area contributed by atoms with Gasteiger partial charge in [0.2, 0.25) is 10.0 Å². The molecule has 0 aliphatic carbocycles. The Hall–Kier alpha value is -3.11. The molecule has 1 atom stereocenters. The first-order chi connectivity index (χ1) is 13.3. The van der Waals surface area contributed by atoms with E-state index in [0.717, 1.165) is 0 Å². The third kappa shape index (κ3) is 5.21. The van der Waals surface area contributed by atoms with Crippen LogP contribution in [0, 0.1) is 0 Å². The number of hydrogen-bond donors (Lipinski definition) is 3. The topological polar surface area (TPSA) is 123 Å². The molecule has 0 bridgehead atoms. The molecule has 0 saturated heterocycles. The van der Waals surface area contributed by atoms with Crippen LogP contribution in [0.5, 0.6) is 11.5 Å². The van der Waals surface area contributed by atoms with Crippen molar-refractivity contribution < 1.29 is 27.5 Å². The number of ether oxygens (including phenoxy) is 2. The average Bonchev–Trinajstić information content (AvgIpc) is 2.71. The van der Waals surface area contributed by atoms with Crippen molar-refractivity contribution in [1.29, 1.82) is 0 Å². The fourth-order valence-corrected chi connectivity index (χ4v) is 3.45. The van der Waals surface area contributed by atoms with Gasteiger partial charge in [0.25, 0.3) is 11.8 Å². The van der Waals surface area contributed by atoms with E-state index in [1.54, 1.807) is 24.3 Å². The Kier molecular flexibility index (Phi) is 6.96. The molecule has 0 fully saturated rings. The highest BCUT2D eigenvalue weighted by Crippen LogP contribution is 2.27. The Bertz CT molecular complexity index is 947. The Labute approximate surface area is 163 Å². The lowest BCUT2D eigenvalue weighted by atomic mass is 10.2. The molecule has 1 unspecified atom stereocenters. The van der Waals surface area contributed by atoms with Gasteiger partial charge in [0, 0.05) is 5.56 Å². The molecule has 0 spiro atoms. The van der Waals surface area contributed by atoms with E-state index >= 15 is 0 Å². The van der Waals surface area contributed by atoms with Crippen molar-refractivity contribution in [2.45, 2.75) is 17.9 Å². The van der Waals surface area contributed by atoms with Crippen LogP contribution in [0.4, 0.5) is 0 Å². The second kappa shape index (κ2) is 9.20. The third-order valence-electron chi connectivity index (χ3n) is 3.72. The first kappa shape index (κ1) is 21.2. The molecule has 0 radical (unpaired) electrons. The van der Waals surface area contributed by atoms with Crippen molar-refractivity contribution >= 4 is 21.8 Å². The van der Waals surface area contributed by atoms with Gasteiger partial charge in [0.1, 0.15) is 0 Å². The van der Waals surface area contributed by atoms with Gasteiger partial charge in [-0.3, -0.25) is 20.4 Å². The minimum atomic E-state index is -3.87. The van der Waals surface area contributed by atoms with E-state index in [9.17, 15) is 18.0 Å². The van der Waals surface area contributed by atoms with Gasteiger partial charge in [0.15, 0.2) is 11.5 Å². The lowest BCUT2D eigenvalue weighted by molar-refractivity contribution is -0.123. The van der Waals surface area contributed by atoms with Gasteiger partial charge >= 0.3 is 0 Å². The number of hydrazine groups is 1. The first-order valence-corrected chi connectivity index (χ1v) is 9.66. The fraction of sp³-hybridized carbons (Fsp3) is 0.222. The van der Waals surface area contributed by atoms with E-state index in [2.05, 4.69) is 15.6 Å². The van der Waals surface area contributed by atoms with E-state index < -0.39 is 27.9 Å². The number of rotatable bonds is 7. The summed E-state index contributed by atoms with van der Waals surface area (Å²) in [6.07, 6.45) is 0. The molecular weight excluding hydrogens is 386 g/mol. The number of amides is 2. The Balaban J connectivity index is 1.97. The number of hydrogen-bond acceptors (Lipinski definition) is 6. The van der Waals surface area contributed by atoms with Crippen LogP contribution in [-0.2, 0) is 14.8 Å². The molecule has 2 aromatic carbocycles. The lowest BCUT2D eigenvalue weighted by Crippen LogP contribution is -2.51. The van der Waals surface area contributed by atoms with E-state index in [1.165, 1.54) is 45.4 Å². The Morgan fingerprint density at radius 1 is 0.929 bits per heavy atom. The fourth-order valence-electron chi connectivity index (χ4n) is 2.23. The normalized spacial score (nSPS) is 12.0. The van der Waals surface area contributed by atoms with Crippen LogP contribution in [0.15, 0.2) is 53.4 Å². The standard InChI is InChI=1S/C18H21N3O6S/c1-12(21-28(24,25)14-7-5-4-6-8-14)17(22)19-20-18(23)13-9-10-15(26-2)16(11-13)27-3/h4-12,21H,1-3H3,(H,19,22)(H,20,23). The quantitative estimate of drug-likeness (QED) is 0.585. The highest BCUT2D eigenvalue weighted by atomic mass is 32.2. The van der Waals surface area contributed by atoms with E-state index in [0.29, 0.717) is 11.5 Å². The second-order valence-corrected chi connectivity index (χ2v) is 7.38. The molecule has 2 aromatic rings. The maximum atomic E-state index is 12.2. The van der Waals surface area contributed by atoms with E-state index in [-0.39, 0.29) is 10.5 Å². The highest BCUT2D eigenvalue weighted by Gasteiger charge is 2.22. The molecule has 28 heavy (non-hydrogen) atoms. The van der Waals surface area contributed by atoms with Crippen molar-refractivity contribution in [3.8, 4) is 11.5 Å². The summed E-state index contributed by atoms with van der Waals surface area (Å²) in [5, 5.41) is 0. The SMILES string of the molecule is COc1ccc(C(=O)NNC(=O)C(C)NS(=O)(=O)c2ccccc2)cc1OC. The molecule has 2 amide bonds. The van der Waals surface area contributed by atoms with Gasteiger partial charge in [-0.1, -0.05) is 18.2 Å². The maximum absolute atomic E-state index is 12.2.